The Labute approximate surface area is 242 Å². The molecule has 1 atom stereocenters. The first-order valence-corrected chi connectivity index (χ1v) is 15.2. The number of para-hydroxylation sites is 1. The van der Waals surface area contributed by atoms with E-state index in [1.165, 1.54) is 23.1 Å². The molecule has 0 fully saturated rings. The number of thiophene rings is 1. The van der Waals surface area contributed by atoms with Crippen LogP contribution in [0.1, 0.15) is 34.9 Å². The number of nitrogens with one attached hydrogen (secondary N) is 1. The maximum atomic E-state index is 13.2. The standard InChI is InChI=1S/C28H23N7O2S3/c1-15-9-10-22(39-15)24-18(12-29)26(30)35(20-7-4-8-21(36)25(20)24)27-33-34-28(40-27)38-14-23(37)32-17-11-16-5-2-3-6-19(16)31-13-17/h2-3,5-6,9-11,13,24H,4,7-8,14,30H2,1H3,(H,32,37). The summed E-state index contributed by atoms with van der Waals surface area (Å²) in [5, 5.41) is 23.0. The Morgan fingerprint density at radius 1 is 1.23 bits per heavy atom. The minimum absolute atomic E-state index is 0.0292. The van der Waals surface area contributed by atoms with E-state index < -0.39 is 5.92 Å². The van der Waals surface area contributed by atoms with Crippen LogP contribution in [0.4, 0.5) is 10.8 Å². The number of carbonyl (C=O) groups is 2. The third kappa shape index (κ3) is 4.88. The smallest absolute Gasteiger partial charge is 0.234 e. The molecule has 12 heteroatoms. The molecule has 1 aliphatic heterocycles. The van der Waals surface area contributed by atoms with Gasteiger partial charge >= 0.3 is 0 Å². The second-order valence-corrected chi connectivity index (χ2v) is 12.9. The molecule has 6 rings (SSSR count). The number of aryl methyl sites for hydroxylation is 1. The van der Waals surface area contributed by atoms with Crippen LogP contribution in [0.2, 0.25) is 0 Å². The van der Waals surface area contributed by atoms with Gasteiger partial charge in [-0.15, -0.1) is 21.5 Å². The summed E-state index contributed by atoms with van der Waals surface area (Å²) < 4.78 is 0.577. The molecule has 1 amide bonds. The number of thioether (sulfide) groups is 1. The number of nitrogens with zero attached hydrogens (tertiary/aromatic N) is 5. The fourth-order valence-electron chi connectivity index (χ4n) is 5.01. The first-order valence-electron chi connectivity index (χ1n) is 12.6. The Morgan fingerprint density at radius 3 is 2.88 bits per heavy atom. The van der Waals surface area contributed by atoms with Crippen LogP contribution in [0.3, 0.4) is 0 Å². The molecule has 0 bridgehead atoms. The van der Waals surface area contributed by atoms with E-state index in [1.54, 1.807) is 22.4 Å². The zero-order valence-corrected chi connectivity index (χ0v) is 23.8. The molecule has 4 aromatic rings. The maximum absolute atomic E-state index is 13.2. The van der Waals surface area contributed by atoms with Crippen molar-refractivity contribution < 1.29 is 9.59 Å². The van der Waals surface area contributed by atoms with Gasteiger partial charge in [-0.3, -0.25) is 19.5 Å². The van der Waals surface area contributed by atoms with Gasteiger partial charge in [-0.25, -0.2) is 0 Å². The summed E-state index contributed by atoms with van der Waals surface area (Å²) in [6.07, 6.45) is 3.41. The summed E-state index contributed by atoms with van der Waals surface area (Å²) in [4.78, 5) is 34.0. The molecule has 9 nitrogen and oxygen atoms in total. The van der Waals surface area contributed by atoms with E-state index in [4.69, 9.17) is 5.73 Å². The van der Waals surface area contributed by atoms with Crippen LogP contribution in [-0.2, 0) is 9.59 Å². The maximum Gasteiger partial charge on any atom is 0.234 e. The van der Waals surface area contributed by atoms with Crippen molar-refractivity contribution in [3.05, 3.63) is 81.1 Å². The molecule has 200 valence electrons. The van der Waals surface area contributed by atoms with Crippen LogP contribution in [0.25, 0.3) is 10.9 Å². The third-order valence-electron chi connectivity index (χ3n) is 6.75. The van der Waals surface area contributed by atoms with Gasteiger partial charge in [-0.1, -0.05) is 41.3 Å². The lowest BCUT2D eigenvalue weighted by atomic mass is 9.78. The van der Waals surface area contributed by atoms with Crippen molar-refractivity contribution in [1.29, 1.82) is 5.26 Å². The lowest BCUT2D eigenvalue weighted by Crippen LogP contribution is -2.38. The first-order chi connectivity index (χ1) is 19.4. The average Bonchev–Trinajstić information content (AvgIpc) is 3.60. The second kappa shape index (κ2) is 10.8. The van der Waals surface area contributed by atoms with Crippen molar-refractivity contribution in [3.63, 3.8) is 0 Å². The molecule has 1 aliphatic carbocycles. The predicted molar refractivity (Wildman–Crippen MR) is 158 cm³/mol. The Kier molecular flexibility index (Phi) is 7.10. The van der Waals surface area contributed by atoms with Crippen LogP contribution in [0.15, 0.2) is 75.7 Å². The van der Waals surface area contributed by atoms with E-state index in [-0.39, 0.29) is 23.3 Å². The largest absolute Gasteiger partial charge is 0.384 e. The quantitative estimate of drug-likeness (QED) is 0.281. The third-order valence-corrected chi connectivity index (χ3v) is 9.85. The summed E-state index contributed by atoms with van der Waals surface area (Å²) in [6.45, 7) is 2.00. The molecule has 0 saturated heterocycles. The summed E-state index contributed by atoms with van der Waals surface area (Å²) in [7, 11) is 0. The van der Waals surface area contributed by atoms with Crippen molar-refractivity contribution in [2.75, 3.05) is 16.0 Å². The number of fused-ring (bicyclic) bond motifs is 1. The number of rotatable bonds is 6. The van der Waals surface area contributed by atoms with Gasteiger partial charge in [0.2, 0.25) is 11.0 Å². The number of pyridine rings is 1. The van der Waals surface area contributed by atoms with Crippen molar-refractivity contribution in [3.8, 4) is 6.07 Å². The predicted octanol–water partition coefficient (Wildman–Crippen LogP) is 5.49. The topological polar surface area (TPSA) is 138 Å². The van der Waals surface area contributed by atoms with Crippen LogP contribution < -0.4 is 16.0 Å². The lowest BCUT2D eigenvalue weighted by Gasteiger charge is -2.37. The molecular weight excluding hydrogens is 563 g/mol. The molecule has 40 heavy (non-hydrogen) atoms. The van der Waals surface area contributed by atoms with Gasteiger partial charge in [0.25, 0.3) is 0 Å². The number of allylic oxidation sites excluding steroid dienone is 3. The molecule has 4 heterocycles. The van der Waals surface area contributed by atoms with E-state index >= 15 is 0 Å². The Morgan fingerprint density at radius 2 is 2.08 bits per heavy atom. The summed E-state index contributed by atoms with van der Waals surface area (Å²) in [6, 6.07) is 15.8. The van der Waals surface area contributed by atoms with Gasteiger partial charge in [-0.2, -0.15) is 5.26 Å². The first kappa shape index (κ1) is 26.2. The number of nitriles is 1. The zero-order valence-electron chi connectivity index (χ0n) is 21.4. The highest BCUT2D eigenvalue weighted by Crippen LogP contribution is 2.48. The number of hydrogen-bond donors (Lipinski definition) is 2. The highest BCUT2D eigenvalue weighted by atomic mass is 32.2. The number of amides is 1. The molecule has 1 unspecified atom stereocenters. The van der Waals surface area contributed by atoms with Crippen molar-refractivity contribution in [2.45, 2.75) is 36.4 Å². The minimum Gasteiger partial charge on any atom is -0.384 e. The minimum atomic E-state index is -0.474. The van der Waals surface area contributed by atoms with Gasteiger partial charge in [0.1, 0.15) is 5.82 Å². The van der Waals surface area contributed by atoms with Crippen molar-refractivity contribution in [2.24, 2.45) is 5.73 Å². The molecule has 0 radical (unpaired) electrons. The van der Waals surface area contributed by atoms with E-state index in [2.05, 4.69) is 26.6 Å². The molecular formula is C28H23N7O2S3. The number of anilines is 2. The molecule has 0 spiro atoms. The normalized spacial score (nSPS) is 17.2. The molecule has 1 aromatic carbocycles. The van der Waals surface area contributed by atoms with Gasteiger partial charge < -0.3 is 11.1 Å². The van der Waals surface area contributed by atoms with Crippen molar-refractivity contribution >= 4 is 67.8 Å². The monoisotopic (exact) mass is 585 g/mol. The van der Waals surface area contributed by atoms with E-state index in [0.29, 0.717) is 45.6 Å². The van der Waals surface area contributed by atoms with Gasteiger partial charge in [0.05, 0.1) is 40.7 Å². The lowest BCUT2D eigenvalue weighted by molar-refractivity contribution is -0.116. The molecule has 0 saturated carbocycles. The van der Waals surface area contributed by atoms with Crippen molar-refractivity contribution in [1.82, 2.24) is 15.2 Å². The Hall–Kier alpha value is -4.05. The molecule has 3 aromatic heterocycles. The number of Topliss-reactive ketones (excluding diaryl/α,β-unsaturated/α-hetero) is 1. The van der Waals surface area contributed by atoms with E-state index in [0.717, 1.165) is 26.4 Å². The summed E-state index contributed by atoms with van der Waals surface area (Å²) >= 11 is 4.10. The van der Waals surface area contributed by atoms with Crippen LogP contribution in [0, 0.1) is 18.3 Å². The van der Waals surface area contributed by atoms with E-state index in [1.807, 2.05) is 49.4 Å². The van der Waals surface area contributed by atoms with Crippen LogP contribution in [-0.4, -0.2) is 32.6 Å². The Bertz CT molecular complexity index is 1760. The average molecular weight is 586 g/mol. The molecule has 2 aliphatic rings. The van der Waals surface area contributed by atoms with Crippen LogP contribution >= 0.6 is 34.4 Å². The summed E-state index contributed by atoms with van der Waals surface area (Å²) in [5.41, 5.74) is 9.82. The van der Waals surface area contributed by atoms with E-state index in [9.17, 15) is 14.9 Å². The Balaban J connectivity index is 1.23. The number of aromatic nitrogens is 3. The number of carbonyl (C=O) groups excluding carboxylic acids is 2. The number of nitrogens with two attached hydrogens (primary N) is 1. The second-order valence-electron chi connectivity index (χ2n) is 9.37. The number of benzene rings is 1. The van der Waals surface area contributed by atoms with Gasteiger partial charge in [0, 0.05) is 32.8 Å². The summed E-state index contributed by atoms with van der Waals surface area (Å²) in [5.74, 6) is -0.247. The van der Waals surface area contributed by atoms with Gasteiger partial charge in [0.15, 0.2) is 10.1 Å². The number of ketones is 1. The fourth-order valence-corrected chi connectivity index (χ4v) is 7.69. The van der Waals surface area contributed by atoms with Crippen LogP contribution in [0.5, 0.6) is 0 Å². The zero-order chi connectivity index (χ0) is 27.8. The SMILES string of the molecule is Cc1ccc(C2C(C#N)=C(N)N(c3nnc(SCC(=O)Nc4cnc5ccccc5c4)s3)C3=C2C(=O)CCC3)s1. The van der Waals surface area contributed by atoms with Gasteiger partial charge in [-0.05, 0) is 44.0 Å². The highest BCUT2D eigenvalue weighted by Gasteiger charge is 2.41. The number of hydrogen-bond acceptors (Lipinski definition) is 11. The fraction of sp³-hybridized carbons (Fsp3) is 0.214. The molecule has 3 N–H and O–H groups in total. The highest BCUT2D eigenvalue weighted by molar-refractivity contribution is 8.01.